The van der Waals surface area contributed by atoms with Gasteiger partial charge >= 0.3 is 61.8 Å². The van der Waals surface area contributed by atoms with Gasteiger partial charge in [-0.3, -0.25) is 0 Å². The van der Waals surface area contributed by atoms with E-state index in [0.29, 0.717) is 24.3 Å². The van der Waals surface area contributed by atoms with Gasteiger partial charge in [-0.2, -0.15) is 137 Å². The summed E-state index contributed by atoms with van der Waals surface area (Å²) in [4.78, 5) is 0. The van der Waals surface area contributed by atoms with Gasteiger partial charge < -0.3 is 9.13 Å². The van der Waals surface area contributed by atoms with E-state index < -0.39 is 195 Å². The van der Waals surface area contributed by atoms with Crippen LogP contribution in [0.3, 0.4) is 0 Å². The number of hydrogen-bond donors (Lipinski definition) is 0. The normalized spacial score (nSPS) is 13.4. The standard InChI is InChI=1S/C77H33F30N3/c78-68(79,80)42-7-11-48(58(30-42)74(96,97)98)37-3-17-64-54(25-37)55-26-38(49-12-8-43(69(81,82)83)31-59(49)75(99,100)101)4-18-65(55)109(64)62-15-1-35(34-108)21-52(62)53-24-36(41-22-46(72(90,91)92)29-47(23-41)73(93,94)95)2-16-63(53)110-66-19-5-39(50-13-9-44(70(84,85)86)32-60(50)76(102,103)104)27-56(66)57-28-40(6-20-67(57)110)51-14-10-45(71(87,88)89)33-61(51)77(105,106)107/h1-33H. The molecule has 13 rings (SSSR count). The first-order chi connectivity index (χ1) is 50.8. The van der Waals surface area contributed by atoms with Crippen LogP contribution in [0.5, 0.6) is 0 Å². The SMILES string of the molecule is N#Cc1ccc(-n2c3ccc(-c4ccc(C(F)(F)F)cc4C(F)(F)F)cc3c3cc(-c4ccc(C(F)(F)F)cc4C(F)(F)F)ccc32)c(-c2cc(-c3cc(C(F)(F)F)cc(C(F)(F)F)c3)ccc2-n2c3ccc(-c4ccc(C(F)(F)F)cc4C(F)(F)F)cc3c3cc(-c4ccc(C(F)(F)F)cc4C(F)(F)F)ccc32)c1. The van der Waals surface area contributed by atoms with Crippen molar-refractivity contribution in [3.63, 3.8) is 0 Å². The summed E-state index contributed by atoms with van der Waals surface area (Å²) in [6.45, 7) is 0. The predicted molar refractivity (Wildman–Crippen MR) is 342 cm³/mol. The largest absolute Gasteiger partial charge is 0.417 e. The Morgan fingerprint density at radius 1 is 0.200 bits per heavy atom. The van der Waals surface area contributed by atoms with Gasteiger partial charge in [0.25, 0.3) is 0 Å². The molecule has 33 heteroatoms. The molecule has 0 fully saturated rings. The lowest BCUT2D eigenvalue weighted by atomic mass is 9.93. The summed E-state index contributed by atoms with van der Waals surface area (Å²) < 4.78 is 440. The molecule has 566 valence electrons. The van der Waals surface area contributed by atoms with E-state index in [2.05, 4.69) is 0 Å². The van der Waals surface area contributed by atoms with Crippen molar-refractivity contribution in [1.29, 1.82) is 5.26 Å². The molecule has 0 aliphatic rings. The molecule has 0 saturated carbocycles. The summed E-state index contributed by atoms with van der Waals surface area (Å²) in [6.07, 6.45) is -55.0. The lowest BCUT2D eigenvalue weighted by Crippen LogP contribution is -2.12. The van der Waals surface area contributed by atoms with Gasteiger partial charge in [-0.1, -0.05) is 54.6 Å². The number of rotatable bonds is 8. The van der Waals surface area contributed by atoms with Crippen LogP contribution in [-0.2, 0) is 61.8 Å². The molecule has 2 aromatic heterocycles. The summed E-state index contributed by atoms with van der Waals surface area (Å²) in [5.41, 5.74) is -29.5. The zero-order valence-electron chi connectivity index (χ0n) is 53.7. The topological polar surface area (TPSA) is 33.6 Å². The summed E-state index contributed by atoms with van der Waals surface area (Å²) in [5, 5.41) is 9.24. The van der Waals surface area contributed by atoms with E-state index >= 15 is 52.7 Å². The van der Waals surface area contributed by atoms with Crippen LogP contribution in [-0.4, -0.2) is 9.13 Å². The zero-order valence-corrected chi connectivity index (χ0v) is 53.7. The highest BCUT2D eigenvalue weighted by Gasteiger charge is 2.44. The second kappa shape index (κ2) is 25.8. The van der Waals surface area contributed by atoms with Crippen LogP contribution < -0.4 is 0 Å². The van der Waals surface area contributed by atoms with Gasteiger partial charge in [-0.25, -0.2) is 0 Å². The van der Waals surface area contributed by atoms with E-state index in [1.165, 1.54) is 0 Å². The van der Waals surface area contributed by atoms with Gasteiger partial charge in [0.05, 0.1) is 101 Å². The molecule has 0 unspecified atom stereocenters. The average molecular weight is 1570 g/mol. The van der Waals surface area contributed by atoms with Crippen molar-refractivity contribution in [1.82, 2.24) is 9.13 Å². The molecule has 0 aliphatic heterocycles. The first-order valence-corrected chi connectivity index (χ1v) is 31.1. The van der Waals surface area contributed by atoms with Crippen molar-refractivity contribution in [2.75, 3.05) is 0 Å². The quantitative estimate of drug-likeness (QED) is 0.140. The molecular weight excluding hydrogens is 1540 g/mol. The van der Waals surface area contributed by atoms with Crippen molar-refractivity contribution in [2.24, 2.45) is 0 Å². The number of alkyl halides is 30. The number of benzene rings is 11. The summed E-state index contributed by atoms with van der Waals surface area (Å²) >= 11 is 0. The monoisotopic (exact) mass is 1570 g/mol. The van der Waals surface area contributed by atoms with Crippen molar-refractivity contribution in [3.05, 3.63) is 261 Å². The van der Waals surface area contributed by atoms with E-state index in [1.807, 2.05) is 6.07 Å². The number of fused-ring (bicyclic) bond motifs is 6. The third kappa shape index (κ3) is 14.2. The molecule has 0 N–H and O–H groups in total. The van der Waals surface area contributed by atoms with E-state index in [-0.39, 0.29) is 116 Å². The Morgan fingerprint density at radius 2 is 0.455 bits per heavy atom. The van der Waals surface area contributed by atoms with Crippen LogP contribution >= 0.6 is 0 Å². The van der Waals surface area contributed by atoms with Gasteiger partial charge in [0, 0.05) is 32.7 Å². The molecule has 110 heavy (non-hydrogen) atoms. The van der Waals surface area contributed by atoms with Crippen molar-refractivity contribution in [3.8, 4) is 84.2 Å². The highest BCUT2D eigenvalue weighted by molar-refractivity contribution is 6.14. The molecule has 0 aliphatic carbocycles. The van der Waals surface area contributed by atoms with Crippen molar-refractivity contribution in [2.45, 2.75) is 61.8 Å². The van der Waals surface area contributed by atoms with Crippen LogP contribution in [0.4, 0.5) is 132 Å². The smallest absolute Gasteiger partial charge is 0.309 e. The van der Waals surface area contributed by atoms with E-state index in [9.17, 15) is 84.3 Å². The van der Waals surface area contributed by atoms with Crippen LogP contribution in [0.2, 0.25) is 0 Å². The minimum Gasteiger partial charge on any atom is -0.309 e. The van der Waals surface area contributed by atoms with Crippen LogP contribution in [0.1, 0.15) is 61.2 Å². The Balaban J connectivity index is 1.17. The maximum Gasteiger partial charge on any atom is 0.417 e. The molecule has 11 aromatic carbocycles. The molecule has 0 atom stereocenters. The molecule has 0 bridgehead atoms. The Kier molecular flexibility index (Phi) is 18.0. The molecule has 3 nitrogen and oxygen atoms in total. The van der Waals surface area contributed by atoms with Crippen LogP contribution in [0.15, 0.2) is 200 Å². The predicted octanol–water partition coefficient (Wildman–Crippen LogP) is 27.9. The third-order valence-corrected chi connectivity index (χ3v) is 18.2. The fourth-order valence-electron chi connectivity index (χ4n) is 13.3. The van der Waals surface area contributed by atoms with Crippen molar-refractivity contribution >= 4 is 43.6 Å². The van der Waals surface area contributed by atoms with Gasteiger partial charge in [0.15, 0.2) is 0 Å². The lowest BCUT2D eigenvalue weighted by Gasteiger charge is -2.21. The third-order valence-electron chi connectivity index (χ3n) is 18.2. The average Bonchev–Trinajstić information content (AvgIpc) is 1.56. The summed E-state index contributed by atoms with van der Waals surface area (Å²) in [5.74, 6) is 0. The number of hydrogen-bond acceptors (Lipinski definition) is 1. The molecule has 0 amide bonds. The minimum atomic E-state index is -5.59. The van der Waals surface area contributed by atoms with Crippen molar-refractivity contribution < 1.29 is 132 Å². The molecular formula is C77H33F30N3. The Morgan fingerprint density at radius 3 is 0.709 bits per heavy atom. The van der Waals surface area contributed by atoms with Gasteiger partial charge in [-0.05, 0) is 201 Å². The fraction of sp³-hybridized carbons (Fsp3) is 0.130. The van der Waals surface area contributed by atoms with Gasteiger partial charge in [-0.15, -0.1) is 0 Å². The zero-order chi connectivity index (χ0) is 80.2. The van der Waals surface area contributed by atoms with E-state index in [1.54, 1.807) is 0 Å². The first-order valence-electron chi connectivity index (χ1n) is 31.1. The Hall–Kier alpha value is -11.6. The molecule has 0 saturated heterocycles. The second-order valence-electron chi connectivity index (χ2n) is 25.0. The minimum absolute atomic E-state index is 0.233. The van der Waals surface area contributed by atoms with Gasteiger partial charge in [0.2, 0.25) is 0 Å². The fourth-order valence-corrected chi connectivity index (χ4v) is 13.3. The van der Waals surface area contributed by atoms with Crippen LogP contribution in [0.25, 0.3) is 122 Å². The molecule has 0 spiro atoms. The molecule has 13 aromatic rings. The molecule has 2 heterocycles. The number of nitrogens with zero attached hydrogens (tertiary/aromatic N) is 3. The number of nitriles is 1. The maximum absolute atomic E-state index is 15.0. The Bertz CT molecular complexity index is 5650. The van der Waals surface area contributed by atoms with Gasteiger partial charge in [0.1, 0.15) is 0 Å². The highest BCUT2D eigenvalue weighted by atomic mass is 19.4. The van der Waals surface area contributed by atoms with E-state index in [4.69, 9.17) is 0 Å². The highest BCUT2D eigenvalue weighted by Crippen LogP contribution is 2.52. The molecule has 0 radical (unpaired) electrons. The van der Waals surface area contributed by atoms with E-state index in [0.717, 1.165) is 118 Å². The maximum atomic E-state index is 15.0. The number of aromatic nitrogens is 2. The summed E-state index contributed by atoms with van der Waals surface area (Å²) in [7, 11) is 0. The van der Waals surface area contributed by atoms with Crippen LogP contribution in [0, 0.1) is 11.3 Å². The number of halogens is 30. The Labute approximate surface area is 595 Å². The summed E-state index contributed by atoms with van der Waals surface area (Å²) in [6, 6.07) is 21.3. The second-order valence-corrected chi connectivity index (χ2v) is 25.0. The first kappa shape index (κ1) is 76.6. The lowest BCUT2D eigenvalue weighted by molar-refractivity contribution is -0.144.